The van der Waals surface area contributed by atoms with E-state index in [9.17, 15) is 24.9 Å². The smallest absolute Gasteiger partial charge is 0.251 e. The number of rotatable bonds is 0. The maximum absolute atomic E-state index is 14.0. The lowest BCUT2D eigenvalue weighted by atomic mass is 9.54. The Balaban J connectivity index is 1.99. The third-order valence-corrected chi connectivity index (χ3v) is 7.15. The lowest BCUT2D eigenvalue weighted by Crippen LogP contribution is -2.62. The molecule has 1 aliphatic carbocycles. The van der Waals surface area contributed by atoms with Gasteiger partial charge in [-0.2, -0.15) is 10.5 Å². The first kappa shape index (κ1) is 18.7. The van der Waals surface area contributed by atoms with Gasteiger partial charge < -0.3 is 5.32 Å². The van der Waals surface area contributed by atoms with Gasteiger partial charge in [-0.05, 0) is 25.2 Å². The van der Waals surface area contributed by atoms with Gasteiger partial charge in [0.25, 0.3) is 5.91 Å². The zero-order valence-corrected chi connectivity index (χ0v) is 17.3. The quantitative estimate of drug-likeness (QED) is 0.604. The topological polar surface area (TPSA) is 114 Å². The number of carbonyl (C=O) groups is 3. The molecular weight excluding hydrogens is 448 g/mol. The molecule has 0 bridgehead atoms. The van der Waals surface area contributed by atoms with Crippen LogP contribution in [0.1, 0.15) is 26.3 Å². The third kappa shape index (κ3) is 1.64. The normalized spacial score (nSPS) is 25.1. The van der Waals surface area contributed by atoms with Crippen LogP contribution in [0.15, 0.2) is 46.9 Å². The van der Waals surface area contributed by atoms with Crippen molar-refractivity contribution in [2.75, 3.05) is 18.9 Å². The van der Waals surface area contributed by atoms with Crippen LogP contribution in [-0.4, -0.2) is 36.0 Å². The molecule has 1 amide bonds. The molecule has 1 atom stereocenters. The molecule has 2 heterocycles. The van der Waals surface area contributed by atoms with Crippen LogP contribution in [0, 0.1) is 33.5 Å². The molecule has 2 aromatic rings. The number of hydrogen-bond donors (Lipinski definition) is 1. The van der Waals surface area contributed by atoms with Crippen LogP contribution in [-0.2, 0) is 10.3 Å². The molecule has 2 spiro atoms. The van der Waals surface area contributed by atoms with Crippen molar-refractivity contribution >= 4 is 39.1 Å². The highest BCUT2D eigenvalue weighted by atomic mass is 79.9. The third-order valence-electron chi connectivity index (χ3n) is 6.66. The Bertz CT molecular complexity index is 1240. The van der Waals surface area contributed by atoms with Crippen LogP contribution in [0.4, 0.5) is 5.69 Å². The molecule has 3 aliphatic rings. The van der Waals surface area contributed by atoms with Gasteiger partial charge in [0.15, 0.2) is 27.9 Å². The van der Waals surface area contributed by atoms with E-state index in [1.54, 1.807) is 37.4 Å². The van der Waals surface area contributed by atoms with Crippen LogP contribution >= 0.6 is 15.9 Å². The Hall–Kier alpha value is -3.33. The zero-order chi connectivity index (χ0) is 21.5. The predicted molar refractivity (Wildman–Crippen MR) is 108 cm³/mol. The average Bonchev–Trinajstić information content (AvgIpc) is 3.26. The Labute approximate surface area is 180 Å². The minimum atomic E-state index is -2.22. The summed E-state index contributed by atoms with van der Waals surface area (Å²) in [5.41, 5.74) is -5.01. The summed E-state index contributed by atoms with van der Waals surface area (Å²) >= 11 is 3.40. The van der Waals surface area contributed by atoms with Crippen molar-refractivity contribution < 1.29 is 14.4 Å². The summed E-state index contributed by atoms with van der Waals surface area (Å²) in [6.07, 6.45) is 0. The van der Waals surface area contributed by atoms with Crippen LogP contribution in [0.25, 0.3) is 0 Å². The monoisotopic (exact) mass is 460 g/mol. The first-order chi connectivity index (χ1) is 14.3. The van der Waals surface area contributed by atoms with Gasteiger partial charge >= 0.3 is 0 Å². The van der Waals surface area contributed by atoms with Crippen molar-refractivity contribution in [3.63, 3.8) is 0 Å². The van der Waals surface area contributed by atoms with E-state index in [0.717, 1.165) is 0 Å². The summed E-state index contributed by atoms with van der Waals surface area (Å²) in [4.78, 5) is 43.1. The van der Waals surface area contributed by atoms with Crippen LogP contribution in [0.5, 0.6) is 0 Å². The first-order valence-corrected chi connectivity index (χ1v) is 9.95. The number of benzene rings is 2. The van der Waals surface area contributed by atoms with Crippen molar-refractivity contribution in [2.24, 2.45) is 10.8 Å². The second-order valence-electron chi connectivity index (χ2n) is 7.79. The van der Waals surface area contributed by atoms with E-state index in [2.05, 4.69) is 21.2 Å². The molecule has 8 heteroatoms. The summed E-state index contributed by atoms with van der Waals surface area (Å²) in [6, 6.07) is 15.2. The SMILES string of the molecule is CN1CC(C#N)(C#N)C2(C(=O)c3ccccc3C2=O)[C@]12C(=O)Nc1ccc(Br)cc12. The first-order valence-electron chi connectivity index (χ1n) is 9.15. The highest BCUT2D eigenvalue weighted by Crippen LogP contribution is 2.68. The Morgan fingerprint density at radius 2 is 1.63 bits per heavy atom. The van der Waals surface area contributed by atoms with Crippen LogP contribution in [0.2, 0.25) is 0 Å². The molecular formula is C22H13BrN4O3. The van der Waals surface area contributed by atoms with Crippen molar-refractivity contribution in [1.82, 2.24) is 4.90 Å². The number of likely N-dealkylation sites (N-methyl/N-ethyl adjacent to an activating group) is 1. The van der Waals surface area contributed by atoms with E-state index < -0.39 is 33.8 Å². The Morgan fingerprint density at radius 1 is 1.03 bits per heavy atom. The number of nitriles is 2. The van der Waals surface area contributed by atoms with Gasteiger partial charge in [0.05, 0.1) is 12.1 Å². The van der Waals surface area contributed by atoms with Gasteiger partial charge in [0.2, 0.25) is 0 Å². The van der Waals surface area contributed by atoms with Gasteiger partial charge in [-0.25, -0.2) is 0 Å². The van der Waals surface area contributed by atoms with Gasteiger partial charge in [-0.1, -0.05) is 40.2 Å². The Morgan fingerprint density at radius 3 is 2.20 bits per heavy atom. The van der Waals surface area contributed by atoms with Crippen molar-refractivity contribution in [2.45, 2.75) is 5.54 Å². The highest BCUT2D eigenvalue weighted by Gasteiger charge is 2.85. The van der Waals surface area contributed by atoms with Crippen molar-refractivity contribution in [3.8, 4) is 12.1 Å². The number of hydrogen-bond acceptors (Lipinski definition) is 6. The number of amides is 1. The molecule has 1 saturated heterocycles. The lowest BCUT2D eigenvalue weighted by molar-refractivity contribution is -0.129. The molecule has 1 N–H and O–H groups in total. The number of nitrogens with one attached hydrogen (secondary N) is 1. The number of anilines is 1. The molecule has 0 aromatic heterocycles. The molecule has 0 unspecified atom stereocenters. The fraction of sp³-hybridized carbons (Fsp3) is 0.227. The maximum Gasteiger partial charge on any atom is 0.251 e. The number of fused-ring (bicyclic) bond motifs is 4. The molecule has 0 radical (unpaired) electrons. The van der Waals surface area contributed by atoms with Gasteiger partial charge in [-0.3, -0.25) is 19.3 Å². The molecule has 0 saturated carbocycles. The molecule has 7 nitrogen and oxygen atoms in total. The fourth-order valence-electron chi connectivity index (χ4n) is 5.57. The number of ketones is 2. The van der Waals surface area contributed by atoms with E-state index in [0.29, 0.717) is 15.7 Å². The average molecular weight is 461 g/mol. The van der Waals surface area contributed by atoms with E-state index >= 15 is 0 Å². The summed E-state index contributed by atoms with van der Waals surface area (Å²) in [6.45, 7) is -0.231. The van der Waals surface area contributed by atoms with E-state index in [1.807, 2.05) is 12.1 Å². The van der Waals surface area contributed by atoms with E-state index in [4.69, 9.17) is 0 Å². The largest absolute Gasteiger partial charge is 0.324 e. The molecule has 30 heavy (non-hydrogen) atoms. The summed E-state index contributed by atoms with van der Waals surface area (Å²) in [5, 5.41) is 23.1. The minimum absolute atomic E-state index is 0.128. The van der Waals surface area contributed by atoms with Crippen molar-refractivity contribution in [3.05, 3.63) is 63.6 Å². The number of halogens is 1. The fourth-order valence-corrected chi connectivity index (χ4v) is 5.93. The van der Waals surface area contributed by atoms with Gasteiger partial charge in [-0.15, -0.1) is 0 Å². The van der Waals surface area contributed by atoms with Gasteiger partial charge in [0, 0.05) is 33.4 Å². The van der Waals surface area contributed by atoms with Crippen LogP contribution < -0.4 is 5.32 Å². The minimum Gasteiger partial charge on any atom is -0.324 e. The second kappa shape index (κ2) is 5.63. The maximum atomic E-state index is 14.0. The zero-order valence-electron chi connectivity index (χ0n) is 15.7. The number of likely N-dealkylation sites (tertiary alicyclic amines) is 1. The number of nitrogens with zero attached hydrogens (tertiary/aromatic N) is 3. The molecule has 2 aromatic carbocycles. The second-order valence-corrected chi connectivity index (χ2v) is 8.71. The standard InChI is InChI=1S/C22H13BrN4O3/c1-27-11-20(9-24,10-25)21(17(28)13-4-2-3-5-14(13)18(21)29)22(27)15-8-12(23)6-7-16(15)26-19(22)30/h2-8H,11H2,1H3,(H,26,30)/t22-/m0/s1. The van der Waals surface area contributed by atoms with E-state index in [1.165, 1.54) is 17.0 Å². The Kier molecular flexibility index (Phi) is 3.51. The summed E-state index contributed by atoms with van der Waals surface area (Å²) in [7, 11) is 1.57. The molecule has 5 rings (SSSR count). The van der Waals surface area contributed by atoms with E-state index in [-0.39, 0.29) is 17.7 Å². The highest BCUT2D eigenvalue weighted by molar-refractivity contribution is 9.10. The van der Waals surface area contributed by atoms with Crippen molar-refractivity contribution in [1.29, 1.82) is 10.5 Å². The summed E-state index contributed by atoms with van der Waals surface area (Å²) in [5.74, 6) is -1.93. The van der Waals surface area contributed by atoms with Crippen LogP contribution in [0.3, 0.4) is 0 Å². The van der Waals surface area contributed by atoms with Gasteiger partial charge in [0.1, 0.15) is 0 Å². The molecule has 146 valence electrons. The number of Topliss-reactive ketones (excluding diaryl/α,β-unsaturated/α-hetero) is 2. The lowest BCUT2D eigenvalue weighted by Gasteiger charge is -2.42. The molecule has 1 fully saturated rings. The number of carbonyl (C=O) groups excluding carboxylic acids is 3. The summed E-state index contributed by atoms with van der Waals surface area (Å²) < 4.78 is 0.641. The molecule has 2 aliphatic heterocycles. The predicted octanol–water partition coefficient (Wildman–Crippen LogP) is 2.64.